The smallest absolute Gasteiger partial charge is 0.306 e. The van der Waals surface area contributed by atoms with Gasteiger partial charge in [-0.15, -0.1) is 0 Å². The summed E-state index contributed by atoms with van der Waals surface area (Å²) in [6.45, 7) is 11.7. The van der Waals surface area contributed by atoms with Gasteiger partial charge >= 0.3 is 5.97 Å². The Morgan fingerprint density at radius 2 is 2.05 bits per heavy atom. The third-order valence-electron chi connectivity index (χ3n) is 6.52. The molecule has 8 heteroatoms. The van der Waals surface area contributed by atoms with Crippen LogP contribution in [0.5, 0.6) is 0 Å². The van der Waals surface area contributed by atoms with Crippen LogP contribution < -0.4 is 0 Å². The molecule has 5 atom stereocenters. The third kappa shape index (κ3) is 10.5. The van der Waals surface area contributed by atoms with E-state index in [2.05, 4.69) is 18.5 Å². The first-order chi connectivity index (χ1) is 17.5. The molecule has 0 saturated carbocycles. The summed E-state index contributed by atoms with van der Waals surface area (Å²) in [6.07, 6.45) is 10.4. The standard InChI is InChI=1S/C29H41NO7/c1-18(12-25-16-23(31)15-24(37-25)10-8-7-9-20(3)29(33)34)11-19(2)13-27(32)26-17-36-28(30-26)14-21(4)22(5)35-6/h8,10,14-15,17-18,20,22,25,27,32H,2,7,9,11-13,16H2,1,3-6H3,(H,33,34)/b10-8+,21-14-/t18-,20+,22-,25-,27+/m1/s1. The van der Waals surface area contributed by atoms with E-state index in [1.54, 1.807) is 26.2 Å². The molecule has 2 heterocycles. The summed E-state index contributed by atoms with van der Waals surface area (Å²) >= 11 is 0. The highest BCUT2D eigenvalue weighted by atomic mass is 16.5. The van der Waals surface area contributed by atoms with E-state index in [1.165, 1.54) is 12.3 Å². The summed E-state index contributed by atoms with van der Waals surface area (Å²) < 4.78 is 16.7. The van der Waals surface area contributed by atoms with Gasteiger partial charge in [0.15, 0.2) is 5.78 Å². The number of rotatable bonds is 15. The molecule has 2 N–H and O–H groups in total. The SMILES string of the molecule is C=C(C[C@@H](C)C[C@@H]1CC(=O)C=C(/C=C/CC[C@H](C)C(=O)O)O1)C[C@H](O)c1coc(/C=C(/C)[C@@H](C)OC)n1. The molecule has 0 radical (unpaired) electrons. The molecule has 204 valence electrons. The lowest BCUT2D eigenvalue weighted by molar-refractivity contribution is -0.141. The molecule has 1 aromatic heterocycles. The number of hydrogen-bond acceptors (Lipinski definition) is 7. The Kier molecular flexibility index (Phi) is 12.0. The average molecular weight is 516 g/mol. The van der Waals surface area contributed by atoms with E-state index in [9.17, 15) is 14.7 Å². The van der Waals surface area contributed by atoms with Crippen molar-refractivity contribution in [3.63, 3.8) is 0 Å². The zero-order chi connectivity index (χ0) is 27.5. The lowest BCUT2D eigenvalue weighted by Gasteiger charge is -2.26. The Morgan fingerprint density at radius 3 is 2.73 bits per heavy atom. The van der Waals surface area contributed by atoms with E-state index in [0.717, 1.165) is 11.1 Å². The van der Waals surface area contributed by atoms with Crippen LogP contribution >= 0.6 is 0 Å². The average Bonchev–Trinajstić information content (AvgIpc) is 3.29. The lowest BCUT2D eigenvalue weighted by Crippen LogP contribution is -2.24. The van der Waals surface area contributed by atoms with Gasteiger partial charge in [0.25, 0.3) is 0 Å². The quantitative estimate of drug-likeness (QED) is 0.281. The predicted octanol–water partition coefficient (Wildman–Crippen LogP) is 5.81. The Balaban J connectivity index is 1.82. The van der Waals surface area contributed by atoms with Gasteiger partial charge in [-0.1, -0.05) is 32.1 Å². The molecule has 1 aromatic rings. The van der Waals surface area contributed by atoms with Crippen LogP contribution in [0.15, 0.2) is 52.4 Å². The molecule has 0 unspecified atom stereocenters. The van der Waals surface area contributed by atoms with Gasteiger partial charge in [-0.2, -0.15) is 0 Å². The first-order valence-electron chi connectivity index (χ1n) is 12.8. The van der Waals surface area contributed by atoms with Crippen LogP contribution in [0.4, 0.5) is 0 Å². The molecule has 0 amide bonds. The minimum atomic E-state index is -0.818. The fourth-order valence-electron chi connectivity index (χ4n) is 4.10. The van der Waals surface area contributed by atoms with Gasteiger partial charge in [-0.25, -0.2) is 4.98 Å². The first-order valence-corrected chi connectivity index (χ1v) is 12.8. The molecular weight excluding hydrogens is 474 g/mol. The van der Waals surface area contributed by atoms with Crippen LogP contribution in [0.25, 0.3) is 6.08 Å². The molecule has 0 bridgehead atoms. The largest absolute Gasteiger partial charge is 0.490 e. The maximum Gasteiger partial charge on any atom is 0.306 e. The van der Waals surface area contributed by atoms with Crippen LogP contribution in [-0.2, 0) is 19.1 Å². The van der Waals surface area contributed by atoms with Crippen molar-refractivity contribution in [1.29, 1.82) is 0 Å². The van der Waals surface area contributed by atoms with Crippen LogP contribution in [0.2, 0.25) is 0 Å². The van der Waals surface area contributed by atoms with Gasteiger partial charge in [0.1, 0.15) is 29.9 Å². The minimum absolute atomic E-state index is 0.0160. The molecule has 0 saturated heterocycles. The molecule has 0 spiro atoms. The van der Waals surface area contributed by atoms with E-state index < -0.39 is 18.0 Å². The van der Waals surface area contributed by atoms with E-state index in [-0.39, 0.29) is 23.9 Å². The second-order valence-corrected chi connectivity index (χ2v) is 10.1. The minimum Gasteiger partial charge on any atom is -0.490 e. The topological polar surface area (TPSA) is 119 Å². The van der Waals surface area contributed by atoms with E-state index in [0.29, 0.717) is 55.9 Å². The molecule has 1 aliphatic rings. The second-order valence-electron chi connectivity index (χ2n) is 10.1. The number of aliphatic carboxylic acids is 1. The van der Waals surface area contributed by atoms with Crippen LogP contribution in [0.1, 0.15) is 83.9 Å². The van der Waals surface area contributed by atoms with Gasteiger partial charge in [0.2, 0.25) is 5.89 Å². The van der Waals surface area contributed by atoms with Crippen molar-refractivity contribution in [2.75, 3.05) is 7.11 Å². The van der Waals surface area contributed by atoms with Crippen molar-refractivity contribution < 1.29 is 33.7 Å². The van der Waals surface area contributed by atoms with Gasteiger partial charge in [0.05, 0.1) is 12.0 Å². The molecule has 0 fully saturated rings. The van der Waals surface area contributed by atoms with Crippen molar-refractivity contribution in [2.24, 2.45) is 11.8 Å². The van der Waals surface area contributed by atoms with Gasteiger partial charge < -0.3 is 24.1 Å². The Labute approximate surface area is 219 Å². The normalized spacial score (nSPS) is 19.7. The number of carbonyl (C=O) groups excluding carboxylic acids is 1. The zero-order valence-corrected chi connectivity index (χ0v) is 22.6. The number of nitrogens with zero attached hydrogens (tertiary/aromatic N) is 1. The molecule has 0 aliphatic carbocycles. The number of carboxylic acid groups (broad SMARTS) is 1. The fourth-order valence-corrected chi connectivity index (χ4v) is 4.10. The summed E-state index contributed by atoms with van der Waals surface area (Å²) in [6, 6.07) is 0. The number of hydrogen-bond donors (Lipinski definition) is 2. The van der Waals surface area contributed by atoms with Crippen molar-refractivity contribution in [2.45, 2.75) is 84.5 Å². The summed E-state index contributed by atoms with van der Waals surface area (Å²) in [5.74, 6) is -0.0802. The van der Waals surface area contributed by atoms with Gasteiger partial charge in [-0.3, -0.25) is 9.59 Å². The number of aliphatic hydroxyl groups is 1. The Bertz CT molecular complexity index is 1020. The number of oxazole rings is 1. The predicted molar refractivity (Wildman–Crippen MR) is 141 cm³/mol. The summed E-state index contributed by atoms with van der Waals surface area (Å²) in [7, 11) is 1.64. The second kappa shape index (κ2) is 14.7. The van der Waals surface area contributed by atoms with E-state index >= 15 is 0 Å². The van der Waals surface area contributed by atoms with E-state index in [1.807, 2.05) is 19.9 Å². The number of allylic oxidation sites excluding steroid dienone is 3. The number of aromatic nitrogens is 1. The number of carbonyl (C=O) groups is 2. The van der Waals surface area contributed by atoms with Crippen LogP contribution in [0, 0.1) is 11.8 Å². The van der Waals surface area contributed by atoms with Crippen LogP contribution in [0.3, 0.4) is 0 Å². The van der Waals surface area contributed by atoms with Crippen molar-refractivity contribution in [3.05, 3.63) is 59.6 Å². The van der Waals surface area contributed by atoms with Crippen molar-refractivity contribution in [1.82, 2.24) is 4.98 Å². The molecular formula is C29H41NO7. The number of ketones is 1. The summed E-state index contributed by atoms with van der Waals surface area (Å²) in [5.41, 5.74) is 2.31. The van der Waals surface area contributed by atoms with Crippen molar-refractivity contribution >= 4 is 17.8 Å². The maximum atomic E-state index is 12.2. The number of aliphatic hydroxyl groups excluding tert-OH is 1. The van der Waals surface area contributed by atoms with Crippen LogP contribution in [-0.4, -0.2) is 46.3 Å². The first kappa shape index (κ1) is 30.3. The monoisotopic (exact) mass is 515 g/mol. The summed E-state index contributed by atoms with van der Waals surface area (Å²) in [4.78, 5) is 27.5. The molecule has 0 aromatic carbocycles. The number of methoxy groups -OCH3 is 1. The fraction of sp³-hybridized carbons (Fsp3) is 0.552. The number of carboxylic acids is 1. The molecule has 2 rings (SSSR count). The number of ether oxygens (including phenoxy) is 2. The zero-order valence-electron chi connectivity index (χ0n) is 22.6. The highest BCUT2D eigenvalue weighted by molar-refractivity contribution is 5.91. The Morgan fingerprint density at radius 1 is 1.32 bits per heavy atom. The highest BCUT2D eigenvalue weighted by Gasteiger charge is 2.24. The third-order valence-corrected chi connectivity index (χ3v) is 6.52. The summed E-state index contributed by atoms with van der Waals surface area (Å²) in [5, 5.41) is 19.6. The highest BCUT2D eigenvalue weighted by Crippen LogP contribution is 2.28. The Hall–Kier alpha value is -2.97. The van der Waals surface area contributed by atoms with Gasteiger partial charge in [-0.05, 0) is 63.5 Å². The van der Waals surface area contributed by atoms with E-state index in [4.69, 9.17) is 19.0 Å². The molecule has 8 nitrogen and oxygen atoms in total. The molecule has 1 aliphatic heterocycles. The van der Waals surface area contributed by atoms with Crippen molar-refractivity contribution in [3.8, 4) is 0 Å². The molecule has 37 heavy (non-hydrogen) atoms. The lowest BCUT2D eigenvalue weighted by atomic mass is 9.91. The van der Waals surface area contributed by atoms with Gasteiger partial charge in [0, 0.05) is 25.7 Å². The maximum absolute atomic E-state index is 12.2.